The van der Waals surface area contributed by atoms with Crippen LogP contribution in [0.3, 0.4) is 0 Å². The summed E-state index contributed by atoms with van der Waals surface area (Å²) in [5, 5.41) is 0. The molecule has 0 aliphatic heterocycles. The molecule has 6 heteroatoms. The summed E-state index contributed by atoms with van der Waals surface area (Å²) < 4.78 is 17.0. The van der Waals surface area contributed by atoms with Gasteiger partial charge in [-0.05, 0) is 44.9 Å². The molecular weight excluding hydrogens is 961 g/mol. The summed E-state index contributed by atoms with van der Waals surface area (Å²) in [5.41, 5.74) is 0. The van der Waals surface area contributed by atoms with Crippen LogP contribution in [-0.2, 0) is 28.6 Å². The van der Waals surface area contributed by atoms with Crippen molar-refractivity contribution in [1.29, 1.82) is 0 Å². The van der Waals surface area contributed by atoms with Gasteiger partial charge in [-0.1, -0.05) is 360 Å². The lowest BCUT2D eigenvalue weighted by atomic mass is 10.0. The molecule has 78 heavy (non-hydrogen) atoms. The number of rotatable bonds is 66. The van der Waals surface area contributed by atoms with Gasteiger partial charge in [0.1, 0.15) is 13.2 Å². The molecule has 0 N–H and O–H groups in total. The summed E-state index contributed by atoms with van der Waals surface area (Å²) in [6.07, 6.45) is 82.2. The molecule has 0 aromatic rings. The Labute approximate surface area is 487 Å². The SMILES string of the molecule is CCC/C=C\C/C=C\CCCCCCCC(=O)OCC(COC(=O)CCCCCCCCCCCCCCCCCCCCCCCCCCCC)OC(=O)CCCCCCCCCCCCCCCCCCCCCCC. The third-order valence-electron chi connectivity index (χ3n) is 16.2. The average Bonchev–Trinajstić information content (AvgIpc) is 3.44. The smallest absolute Gasteiger partial charge is 0.306 e. The predicted octanol–water partition coefficient (Wildman–Crippen LogP) is 24.2. The van der Waals surface area contributed by atoms with Gasteiger partial charge in [0.2, 0.25) is 0 Å². The molecule has 0 bridgehead atoms. The first-order valence-corrected chi connectivity index (χ1v) is 35.3. The van der Waals surface area contributed by atoms with E-state index in [0.29, 0.717) is 19.3 Å². The van der Waals surface area contributed by atoms with E-state index in [1.165, 1.54) is 276 Å². The molecule has 460 valence electrons. The van der Waals surface area contributed by atoms with Crippen LogP contribution in [0.15, 0.2) is 24.3 Å². The van der Waals surface area contributed by atoms with Crippen molar-refractivity contribution in [3.05, 3.63) is 24.3 Å². The van der Waals surface area contributed by atoms with Gasteiger partial charge in [-0.2, -0.15) is 0 Å². The molecule has 0 aliphatic rings. The van der Waals surface area contributed by atoms with Crippen LogP contribution in [0.4, 0.5) is 0 Å². The van der Waals surface area contributed by atoms with Crippen LogP contribution in [0.2, 0.25) is 0 Å². The van der Waals surface area contributed by atoms with E-state index in [2.05, 4.69) is 45.1 Å². The highest BCUT2D eigenvalue weighted by Gasteiger charge is 2.19. The number of unbranched alkanes of at least 4 members (excludes halogenated alkanes) is 51. The Morgan fingerprint density at radius 1 is 0.256 bits per heavy atom. The Kier molecular flexibility index (Phi) is 65.6. The fourth-order valence-corrected chi connectivity index (χ4v) is 10.9. The number of hydrogen-bond acceptors (Lipinski definition) is 6. The van der Waals surface area contributed by atoms with Crippen LogP contribution in [0.5, 0.6) is 0 Å². The average molecular weight is 1100 g/mol. The molecule has 1 unspecified atom stereocenters. The monoisotopic (exact) mass is 1100 g/mol. The Hall–Kier alpha value is -2.11. The van der Waals surface area contributed by atoms with E-state index >= 15 is 0 Å². The standard InChI is InChI=1S/C72H136O6/c1-4-7-10-13-16-19-22-25-27-29-31-33-34-35-36-37-39-40-42-44-47-50-53-56-59-62-65-71(74)77-68-69(67-76-70(73)64-61-58-55-52-49-46-24-21-18-15-12-9-6-3)78-72(75)66-63-60-57-54-51-48-45-43-41-38-32-30-28-26-23-20-17-14-11-8-5-2/h12,15,21,24,69H,4-11,13-14,16-20,22-23,25-68H2,1-3H3/b15-12-,24-21-. The molecule has 0 heterocycles. The Bertz CT molecular complexity index is 1260. The first-order valence-electron chi connectivity index (χ1n) is 35.3. The van der Waals surface area contributed by atoms with Crippen LogP contribution < -0.4 is 0 Å². The van der Waals surface area contributed by atoms with E-state index in [9.17, 15) is 14.4 Å². The van der Waals surface area contributed by atoms with Crippen LogP contribution in [0.25, 0.3) is 0 Å². The molecule has 0 aromatic heterocycles. The van der Waals surface area contributed by atoms with Gasteiger partial charge in [0, 0.05) is 19.3 Å². The van der Waals surface area contributed by atoms with Crippen LogP contribution >= 0.6 is 0 Å². The molecule has 1 atom stereocenters. The molecular formula is C72H136O6. The van der Waals surface area contributed by atoms with E-state index in [1.807, 2.05) is 0 Å². The second-order valence-corrected chi connectivity index (χ2v) is 24.2. The van der Waals surface area contributed by atoms with Crippen molar-refractivity contribution in [3.63, 3.8) is 0 Å². The van der Waals surface area contributed by atoms with Gasteiger partial charge in [-0.15, -0.1) is 0 Å². The molecule has 0 aliphatic carbocycles. The summed E-state index contributed by atoms with van der Waals surface area (Å²) in [6, 6.07) is 0. The fraction of sp³-hybridized carbons (Fsp3) is 0.903. The summed E-state index contributed by atoms with van der Waals surface area (Å²) >= 11 is 0. The van der Waals surface area contributed by atoms with Crippen LogP contribution in [-0.4, -0.2) is 37.2 Å². The van der Waals surface area contributed by atoms with Crippen molar-refractivity contribution in [2.24, 2.45) is 0 Å². The van der Waals surface area contributed by atoms with Crippen LogP contribution in [0, 0.1) is 0 Å². The maximum absolute atomic E-state index is 12.9. The largest absolute Gasteiger partial charge is 0.462 e. The minimum atomic E-state index is -0.774. The van der Waals surface area contributed by atoms with E-state index in [1.54, 1.807) is 0 Å². The summed E-state index contributed by atoms with van der Waals surface area (Å²) in [7, 11) is 0. The zero-order valence-corrected chi connectivity index (χ0v) is 53.0. The topological polar surface area (TPSA) is 78.9 Å². The number of esters is 3. The maximum atomic E-state index is 12.9. The minimum Gasteiger partial charge on any atom is -0.462 e. The highest BCUT2D eigenvalue weighted by atomic mass is 16.6. The van der Waals surface area contributed by atoms with Crippen molar-refractivity contribution in [2.45, 2.75) is 406 Å². The van der Waals surface area contributed by atoms with Gasteiger partial charge < -0.3 is 14.2 Å². The molecule has 0 radical (unpaired) electrons. The van der Waals surface area contributed by atoms with Crippen LogP contribution in [0.1, 0.15) is 400 Å². The van der Waals surface area contributed by atoms with Gasteiger partial charge in [-0.25, -0.2) is 0 Å². The van der Waals surface area contributed by atoms with E-state index < -0.39 is 6.10 Å². The van der Waals surface area contributed by atoms with Crippen molar-refractivity contribution in [1.82, 2.24) is 0 Å². The Balaban J connectivity index is 4.20. The number of allylic oxidation sites excluding steroid dienone is 4. The Morgan fingerprint density at radius 3 is 0.756 bits per heavy atom. The highest BCUT2D eigenvalue weighted by Crippen LogP contribution is 2.19. The molecule has 0 aromatic carbocycles. The molecule has 0 saturated carbocycles. The third kappa shape index (κ3) is 64.7. The number of hydrogen-bond donors (Lipinski definition) is 0. The van der Waals surface area contributed by atoms with E-state index in [-0.39, 0.29) is 31.1 Å². The maximum Gasteiger partial charge on any atom is 0.306 e. The van der Waals surface area contributed by atoms with Gasteiger partial charge in [0.05, 0.1) is 0 Å². The zero-order chi connectivity index (χ0) is 56.4. The molecule has 0 amide bonds. The summed E-state index contributed by atoms with van der Waals surface area (Å²) in [6.45, 7) is 6.65. The van der Waals surface area contributed by atoms with Crippen molar-refractivity contribution in [2.75, 3.05) is 13.2 Å². The molecule has 6 nitrogen and oxygen atoms in total. The molecule has 0 fully saturated rings. The lowest BCUT2D eigenvalue weighted by Crippen LogP contribution is -2.30. The number of carbonyl (C=O) groups excluding carboxylic acids is 3. The first kappa shape index (κ1) is 75.9. The Morgan fingerprint density at radius 2 is 0.487 bits per heavy atom. The first-order chi connectivity index (χ1) is 38.5. The van der Waals surface area contributed by atoms with E-state index in [4.69, 9.17) is 14.2 Å². The number of ether oxygens (including phenoxy) is 3. The summed E-state index contributed by atoms with van der Waals surface area (Å²) in [5.74, 6) is -0.852. The van der Waals surface area contributed by atoms with Gasteiger partial charge in [-0.3, -0.25) is 14.4 Å². The van der Waals surface area contributed by atoms with Crippen molar-refractivity contribution in [3.8, 4) is 0 Å². The third-order valence-corrected chi connectivity index (χ3v) is 16.2. The van der Waals surface area contributed by atoms with Gasteiger partial charge in [0.25, 0.3) is 0 Å². The van der Waals surface area contributed by atoms with Gasteiger partial charge in [0.15, 0.2) is 6.10 Å². The summed E-state index contributed by atoms with van der Waals surface area (Å²) in [4.78, 5) is 38.4. The lowest BCUT2D eigenvalue weighted by Gasteiger charge is -2.18. The molecule has 0 saturated heterocycles. The predicted molar refractivity (Wildman–Crippen MR) is 340 cm³/mol. The van der Waals surface area contributed by atoms with Crippen molar-refractivity contribution < 1.29 is 28.6 Å². The highest BCUT2D eigenvalue weighted by molar-refractivity contribution is 5.71. The molecule has 0 rings (SSSR count). The second kappa shape index (κ2) is 67.4. The normalized spacial score (nSPS) is 12.1. The van der Waals surface area contributed by atoms with Gasteiger partial charge >= 0.3 is 17.9 Å². The second-order valence-electron chi connectivity index (χ2n) is 24.2. The van der Waals surface area contributed by atoms with Crippen molar-refractivity contribution >= 4 is 17.9 Å². The molecule has 0 spiro atoms. The zero-order valence-electron chi connectivity index (χ0n) is 53.0. The number of carbonyl (C=O) groups is 3. The van der Waals surface area contributed by atoms with E-state index in [0.717, 1.165) is 83.5 Å². The quantitative estimate of drug-likeness (QED) is 0.0261. The minimum absolute atomic E-state index is 0.0693. The fourth-order valence-electron chi connectivity index (χ4n) is 10.9. The lowest BCUT2D eigenvalue weighted by molar-refractivity contribution is -0.167.